The SMILES string of the molecule is CC1=C(N2CCC3(CCN(C[C@H](O)c4cc5c(cc4Cl)Cn4nnnc4-5)CC3)C2=O)COC1=O. The predicted octanol–water partition coefficient (Wildman–Crippen LogP) is 1.53. The maximum atomic E-state index is 13.3. The number of esters is 1. The van der Waals surface area contributed by atoms with E-state index in [9.17, 15) is 14.7 Å². The van der Waals surface area contributed by atoms with E-state index >= 15 is 0 Å². The van der Waals surface area contributed by atoms with Gasteiger partial charge in [-0.15, -0.1) is 5.10 Å². The number of rotatable bonds is 4. The molecule has 0 bridgehead atoms. The molecule has 1 atom stereocenters. The standard InChI is InChI=1S/C23H25ClN6O4/c1-13-18(12-34-21(13)32)29-7-4-23(22(29)33)2-5-28(6-3-23)11-19(31)16-9-15-14(8-17(16)24)10-30-20(15)25-26-27-30/h8-9,19,31H,2-7,10-12H2,1H3/t19-/m0/s1. The second kappa shape index (κ2) is 7.86. The van der Waals surface area contributed by atoms with Gasteiger partial charge in [-0.1, -0.05) is 11.6 Å². The summed E-state index contributed by atoms with van der Waals surface area (Å²) in [4.78, 5) is 29.0. The first kappa shape index (κ1) is 21.7. The number of aliphatic hydroxyl groups excluding tert-OH is 1. The average molecular weight is 485 g/mol. The molecule has 11 heteroatoms. The molecule has 5 heterocycles. The van der Waals surface area contributed by atoms with Gasteiger partial charge in [0.1, 0.15) is 6.61 Å². The van der Waals surface area contributed by atoms with Gasteiger partial charge in [0.05, 0.1) is 29.3 Å². The zero-order valence-electron chi connectivity index (χ0n) is 18.8. The summed E-state index contributed by atoms with van der Waals surface area (Å²) in [6.07, 6.45) is 1.46. The van der Waals surface area contributed by atoms with Gasteiger partial charge in [0.2, 0.25) is 5.91 Å². The first-order valence-electron chi connectivity index (χ1n) is 11.5. The second-order valence-electron chi connectivity index (χ2n) is 9.64. The number of tetrazole rings is 1. The van der Waals surface area contributed by atoms with Crippen LogP contribution in [0.25, 0.3) is 11.4 Å². The Hall–Kier alpha value is -2.82. The Labute approximate surface area is 201 Å². The molecular weight excluding hydrogens is 460 g/mol. The lowest BCUT2D eigenvalue weighted by atomic mass is 9.77. The summed E-state index contributed by atoms with van der Waals surface area (Å²) < 4.78 is 6.82. The number of aliphatic hydroxyl groups is 1. The molecule has 10 nitrogen and oxygen atoms in total. The van der Waals surface area contributed by atoms with Gasteiger partial charge in [-0.3, -0.25) is 4.79 Å². The Kier molecular flexibility index (Phi) is 5.02. The van der Waals surface area contributed by atoms with E-state index in [1.165, 1.54) is 0 Å². The monoisotopic (exact) mass is 484 g/mol. The van der Waals surface area contributed by atoms with Crippen molar-refractivity contribution in [3.05, 3.63) is 39.6 Å². The Bertz CT molecular complexity index is 1230. The number of ether oxygens (including phenoxy) is 1. The van der Waals surface area contributed by atoms with Crippen molar-refractivity contribution in [2.75, 3.05) is 32.8 Å². The Morgan fingerprint density at radius 3 is 2.71 bits per heavy atom. The van der Waals surface area contributed by atoms with Crippen LogP contribution < -0.4 is 0 Å². The van der Waals surface area contributed by atoms with Gasteiger partial charge in [0, 0.05) is 29.2 Å². The minimum atomic E-state index is -0.762. The summed E-state index contributed by atoms with van der Waals surface area (Å²) >= 11 is 6.52. The van der Waals surface area contributed by atoms with Gasteiger partial charge < -0.3 is 19.6 Å². The molecule has 1 spiro atoms. The molecule has 0 radical (unpaired) electrons. The number of nitrogens with zero attached hydrogens (tertiary/aromatic N) is 6. The van der Waals surface area contributed by atoms with Crippen LogP contribution in [0.5, 0.6) is 0 Å². The largest absolute Gasteiger partial charge is 0.456 e. The maximum absolute atomic E-state index is 13.3. The van der Waals surface area contributed by atoms with Crippen molar-refractivity contribution in [1.29, 1.82) is 0 Å². The molecule has 2 aromatic rings. The third kappa shape index (κ3) is 3.27. The number of piperidine rings is 1. The molecule has 2 saturated heterocycles. The molecule has 1 aromatic carbocycles. The molecule has 0 saturated carbocycles. The molecule has 1 N–H and O–H groups in total. The fourth-order valence-corrected chi connectivity index (χ4v) is 6.00. The van der Waals surface area contributed by atoms with Crippen molar-refractivity contribution < 1.29 is 19.4 Å². The lowest BCUT2D eigenvalue weighted by Gasteiger charge is -2.38. The summed E-state index contributed by atoms with van der Waals surface area (Å²) in [5, 5.41) is 23.3. The van der Waals surface area contributed by atoms with Crippen LogP contribution >= 0.6 is 11.6 Å². The summed E-state index contributed by atoms with van der Waals surface area (Å²) in [7, 11) is 0. The van der Waals surface area contributed by atoms with E-state index in [2.05, 4.69) is 20.4 Å². The highest BCUT2D eigenvalue weighted by Crippen LogP contribution is 2.44. The second-order valence-corrected chi connectivity index (χ2v) is 10.0. The van der Waals surface area contributed by atoms with Crippen LogP contribution in [0, 0.1) is 5.41 Å². The number of benzene rings is 1. The number of aromatic nitrogens is 4. The number of carbonyl (C=O) groups excluding carboxylic acids is 2. The zero-order valence-corrected chi connectivity index (χ0v) is 19.6. The van der Waals surface area contributed by atoms with Crippen molar-refractivity contribution in [2.24, 2.45) is 5.41 Å². The number of halogens is 1. The Balaban J connectivity index is 1.12. The van der Waals surface area contributed by atoms with E-state index in [1.54, 1.807) is 16.5 Å². The number of hydrogen-bond acceptors (Lipinski definition) is 8. The molecule has 4 aliphatic heterocycles. The van der Waals surface area contributed by atoms with Crippen LogP contribution in [0.15, 0.2) is 23.4 Å². The molecule has 1 amide bonds. The molecule has 4 aliphatic rings. The minimum Gasteiger partial charge on any atom is -0.456 e. The molecule has 34 heavy (non-hydrogen) atoms. The number of cyclic esters (lactones) is 1. The Morgan fingerprint density at radius 2 is 1.97 bits per heavy atom. The van der Waals surface area contributed by atoms with Crippen LogP contribution in [-0.4, -0.2) is 79.8 Å². The number of carbonyl (C=O) groups is 2. The zero-order chi connectivity index (χ0) is 23.6. The number of likely N-dealkylation sites (tertiary alicyclic amines) is 2. The number of hydrogen-bond donors (Lipinski definition) is 1. The first-order chi connectivity index (χ1) is 16.4. The Morgan fingerprint density at radius 1 is 1.21 bits per heavy atom. The molecular formula is C23H25ClN6O4. The molecule has 6 rings (SSSR count). The van der Waals surface area contributed by atoms with Crippen LogP contribution in [0.3, 0.4) is 0 Å². The van der Waals surface area contributed by atoms with Gasteiger partial charge >= 0.3 is 5.97 Å². The smallest absolute Gasteiger partial charge is 0.336 e. The van der Waals surface area contributed by atoms with E-state index in [0.29, 0.717) is 60.4 Å². The molecule has 1 aromatic heterocycles. The fraction of sp³-hybridized carbons (Fsp3) is 0.522. The minimum absolute atomic E-state index is 0.0970. The molecule has 2 fully saturated rings. The highest BCUT2D eigenvalue weighted by molar-refractivity contribution is 6.31. The lowest BCUT2D eigenvalue weighted by Crippen LogP contribution is -2.45. The van der Waals surface area contributed by atoms with Gasteiger partial charge in [-0.2, -0.15) is 0 Å². The van der Waals surface area contributed by atoms with Crippen molar-refractivity contribution in [2.45, 2.75) is 38.8 Å². The topological polar surface area (TPSA) is 114 Å². The fourth-order valence-electron chi connectivity index (χ4n) is 5.69. The van der Waals surface area contributed by atoms with Crippen LogP contribution in [0.4, 0.5) is 0 Å². The highest BCUT2D eigenvalue weighted by Gasteiger charge is 2.50. The number of amides is 1. The first-order valence-corrected chi connectivity index (χ1v) is 11.9. The lowest BCUT2D eigenvalue weighted by molar-refractivity contribution is -0.138. The highest BCUT2D eigenvalue weighted by atomic mass is 35.5. The third-order valence-corrected chi connectivity index (χ3v) is 8.16. The quantitative estimate of drug-likeness (QED) is 0.555. The summed E-state index contributed by atoms with van der Waals surface area (Å²) in [6, 6.07) is 3.76. The van der Waals surface area contributed by atoms with E-state index in [0.717, 1.165) is 30.4 Å². The summed E-state index contributed by atoms with van der Waals surface area (Å²) in [5.41, 5.74) is 3.42. The third-order valence-electron chi connectivity index (χ3n) is 7.84. The molecule has 0 aliphatic carbocycles. The van der Waals surface area contributed by atoms with Crippen molar-refractivity contribution in [3.63, 3.8) is 0 Å². The van der Waals surface area contributed by atoms with Crippen LogP contribution in [0.2, 0.25) is 5.02 Å². The summed E-state index contributed by atoms with van der Waals surface area (Å²) in [6.45, 7) is 4.95. The van der Waals surface area contributed by atoms with Gasteiger partial charge in [0.15, 0.2) is 5.82 Å². The van der Waals surface area contributed by atoms with Crippen molar-refractivity contribution in [1.82, 2.24) is 30.0 Å². The number of fused-ring (bicyclic) bond motifs is 3. The van der Waals surface area contributed by atoms with Gasteiger partial charge in [-0.25, -0.2) is 9.48 Å². The van der Waals surface area contributed by atoms with E-state index < -0.39 is 11.5 Å². The molecule has 178 valence electrons. The van der Waals surface area contributed by atoms with Crippen LogP contribution in [0.1, 0.15) is 43.4 Å². The molecule has 0 unspecified atom stereocenters. The van der Waals surface area contributed by atoms with E-state index in [-0.39, 0.29) is 18.5 Å². The maximum Gasteiger partial charge on any atom is 0.336 e. The van der Waals surface area contributed by atoms with Crippen molar-refractivity contribution in [3.8, 4) is 11.4 Å². The van der Waals surface area contributed by atoms with E-state index in [1.807, 2.05) is 12.1 Å². The predicted molar refractivity (Wildman–Crippen MR) is 120 cm³/mol. The van der Waals surface area contributed by atoms with Crippen LogP contribution in [-0.2, 0) is 20.9 Å². The van der Waals surface area contributed by atoms with Crippen molar-refractivity contribution >= 4 is 23.5 Å². The van der Waals surface area contributed by atoms with Gasteiger partial charge in [-0.05, 0) is 67.4 Å². The van der Waals surface area contributed by atoms with Gasteiger partial charge in [0.25, 0.3) is 0 Å². The van der Waals surface area contributed by atoms with E-state index in [4.69, 9.17) is 16.3 Å². The summed E-state index contributed by atoms with van der Waals surface area (Å²) in [5.74, 6) is 0.443. The average Bonchev–Trinajstić information content (AvgIpc) is 3.56. The normalized spacial score (nSPS) is 22.5. The number of β-amino-alcohol motifs (C(OH)–C–C–N with tert-alkyl or cyclic N) is 1.